The van der Waals surface area contributed by atoms with Crippen molar-refractivity contribution in [1.29, 1.82) is 0 Å². The third-order valence-corrected chi connectivity index (χ3v) is 3.77. The molecule has 0 spiro atoms. The summed E-state index contributed by atoms with van der Waals surface area (Å²) in [7, 11) is 0. The molecule has 1 aliphatic heterocycles. The van der Waals surface area contributed by atoms with E-state index in [0.29, 0.717) is 37.7 Å². The van der Waals surface area contributed by atoms with Crippen LogP contribution >= 0.6 is 24.8 Å². The highest BCUT2D eigenvalue weighted by atomic mass is 35.5. The van der Waals surface area contributed by atoms with Gasteiger partial charge >= 0.3 is 0 Å². The Morgan fingerprint density at radius 2 is 2.04 bits per heavy atom. The van der Waals surface area contributed by atoms with Gasteiger partial charge in [-0.2, -0.15) is 0 Å². The van der Waals surface area contributed by atoms with Crippen molar-refractivity contribution >= 4 is 30.7 Å². The second-order valence-corrected chi connectivity index (χ2v) is 6.02. The van der Waals surface area contributed by atoms with Crippen molar-refractivity contribution in [3.63, 3.8) is 0 Å². The first-order chi connectivity index (χ1) is 11.1. The van der Waals surface area contributed by atoms with E-state index in [9.17, 15) is 4.79 Å². The van der Waals surface area contributed by atoms with Crippen molar-refractivity contribution in [2.45, 2.75) is 45.3 Å². The fourth-order valence-corrected chi connectivity index (χ4v) is 2.61. The van der Waals surface area contributed by atoms with Crippen molar-refractivity contribution in [2.24, 2.45) is 5.73 Å². The van der Waals surface area contributed by atoms with E-state index >= 15 is 0 Å². The summed E-state index contributed by atoms with van der Waals surface area (Å²) in [6.45, 7) is 6.59. The highest BCUT2D eigenvalue weighted by molar-refractivity contribution is 5.95. The maximum atomic E-state index is 12.7. The number of rotatable bonds is 7. The molecule has 8 heteroatoms. The van der Waals surface area contributed by atoms with Crippen molar-refractivity contribution in [3.05, 3.63) is 24.0 Å². The predicted molar refractivity (Wildman–Crippen MR) is 103 cm³/mol. The zero-order valence-electron chi connectivity index (χ0n) is 14.8. The van der Waals surface area contributed by atoms with E-state index in [1.807, 2.05) is 18.7 Å². The summed E-state index contributed by atoms with van der Waals surface area (Å²) in [5.74, 6) is 0.482. The van der Waals surface area contributed by atoms with Crippen LogP contribution in [0.2, 0.25) is 0 Å². The first-order valence-corrected chi connectivity index (χ1v) is 8.34. The Kier molecular flexibility index (Phi) is 11.8. The summed E-state index contributed by atoms with van der Waals surface area (Å²) < 4.78 is 11.5. The Morgan fingerprint density at radius 3 is 2.64 bits per heavy atom. The van der Waals surface area contributed by atoms with Gasteiger partial charge in [-0.05, 0) is 51.8 Å². The van der Waals surface area contributed by atoms with Gasteiger partial charge in [-0.3, -0.25) is 4.79 Å². The lowest BCUT2D eigenvalue weighted by Gasteiger charge is -2.32. The van der Waals surface area contributed by atoms with Gasteiger partial charge in [0, 0.05) is 25.9 Å². The van der Waals surface area contributed by atoms with Gasteiger partial charge < -0.3 is 20.1 Å². The van der Waals surface area contributed by atoms with E-state index in [1.165, 1.54) is 0 Å². The van der Waals surface area contributed by atoms with Gasteiger partial charge in [0.05, 0.1) is 12.2 Å². The third-order valence-electron chi connectivity index (χ3n) is 3.77. The Morgan fingerprint density at radius 1 is 1.36 bits per heavy atom. The van der Waals surface area contributed by atoms with Crippen LogP contribution in [-0.4, -0.2) is 54.2 Å². The zero-order chi connectivity index (χ0) is 16.7. The van der Waals surface area contributed by atoms with Crippen LogP contribution in [0, 0.1) is 0 Å². The number of halogens is 2. The lowest BCUT2D eigenvalue weighted by molar-refractivity contribution is 0.00817. The van der Waals surface area contributed by atoms with Gasteiger partial charge in [0.2, 0.25) is 0 Å². The molecule has 1 amide bonds. The number of ether oxygens (including phenoxy) is 2. The Hall–Kier alpha value is -1.08. The number of amides is 1. The highest BCUT2D eigenvalue weighted by Gasteiger charge is 2.26. The van der Waals surface area contributed by atoms with Crippen LogP contribution < -0.4 is 10.5 Å². The van der Waals surface area contributed by atoms with E-state index in [-0.39, 0.29) is 42.9 Å². The minimum Gasteiger partial charge on any atom is -0.489 e. The van der Waals surface area contributed by atoms with E-state index in [2.05, 4.69) is 4.98 Å². The lowest BCUT2D eigenvalue weighted by atomic mass is 10.1. The summed E-state index contributed by atoms with van der Waals surface area (Å²) in [5, 5.41) is 0. The normalized spacial score (nSPS) is 14.6. The number of carbonyl (C=O) groups excluding carboxylic acids is 1. The number of hydrogen-bond acceptors (Lipinski definition) is 5. The number of pyridine rings is 1. The molecule has 0 saturated carbocycles. The molecular formula is C17H29Cl2N3O3. The summed E-state index contributed by atoms with van der Waals surface area (Å²) >= 11 is 0. The summed E-state index contributed by atoms with van der Waals surface area (Å²) in [6.07, 6.45) is 4.44. The monoisotopic (exact) mass is 393 g/mol. The summed E-state index contributed by atoms with van der Waals surface area (Å²) in [4.78, 5) is 18.8. The first-order valence-electron chi connectivity index (χ1n) is 8.34. The fourth-order valence-electron chi connectivity index (χ4n) is 2.61. The van der Waals surface area contributed by atoms with E-state index in [0.717, 1.165) is 19.3 Å². The van der Waals surface area contributed by atoms with E-state index < -0.39 is 0 Å². The topological polar surface area (TPSA) is 77.7 Å². The van der Waals surface area contributed by atoms with E-state index in [4.69, 9.17) is 15.2 Å². The van der Waals surface area contributed by atoms with Gasteiger partial charge in [-0.25, -0.2) is 4.98 Å². The molecule has 1 aromatic rings. The Labute approximate surface area is 162 Å². The van der Waals surface area contributed by atoms with Crippen LogP contribution in [0.5, 0.6) is 5.75 Å². The predicted octanol–water partition coefficient (Wildman–Crippen LogP) is 2.68. The largest absolute Gasteiger partial charge is 0.489 e. The zero-order valence-corrected chi connectivity index (χ0v) is 16.5. The smallest absolute Gasteiger partial charge is 0.276 e. The van der Waals surface area contributed by atoms with Gasteiger partial charge in [-0.1, -0.05) is 0 Å². The molecule has 0 bridgehead atoms. The number of piperidine rings is 1. The number of nitrogens with zero attached hydrogens (tertiary/aromatic N) is 2. The van der Waals surface area contributed by atoms with Crippen LogP contribution in [-0.2, 0) is 4.74 Å². The maximum absolute atomic E-state index is 12.7. The van der Waals surface area contributed by atoms with Gasteiger partial charge in [-0.15, -0.1) is 24.8 Å². The molecule has 0 aromatic carbocycles. The number of hydrogen-bond donors (Lipinski definition) is 1. The van der Waals surface area contributed by atoms with Crippen molar-refractivity contribution in [1.82, 2.24) is 9.88 Å². The molecule has 0 atom stereocenters. The van der Waals surface area contributed by atoms with Gasteiger partial charge in [0.15, 0.2) is 11.4 Å². The van der Waals surface area contributed by atoms with Gasteiger partial charge in [0.1, 0.15) is 0 Å². The Balaban J connectivity index is 0.00000288. The summed E-state index contributed by atoms with van der Waals surface area (Å²) in [6, 6.07) is 3.58. The van der Waals surface area contributed by atoms with Crippen LogP contribution in [0.4, 0.5) is 0 Å². The second kappa shape index (κ2) is 12.3. The molecule has 25 heavy (non-hydrogen) atoms. The molecule has 144 valence electrons. The van der Waals surface area contributed by atoms with Crippen LogP contribution in [0.3, 0.4) is 0 Å². The van der Waals surface area contributed by atoms with Crippen LogP contribution in [0.25, 0.3) is 0 Å². The molecule has 1 aliphatic rings. The molecule has 6 nitrogen and oxygen atoms in total. The molecule has 2 N–H and O–H groups in total. The number of likely N-dealkylation sites (tertiary alicyclic amines) is 1. The van der Waals surface area contributed by atoms with Gasteiger partial charge in [0.25, 0.3) is 5.91 Å². The second-order valence-electron chi connectivity index (χ2n) is 6.02. The van der Waals surface area contributed by atoms with Crippen molar-refractivity contribution < 1.29 is 14.3 Å². The minimum atomic E-state index is -0.0679. The SMILES string of the molecule is CC(C)Oc1cccnc1C(=O)N1CCC(OCCCN)CC1.Cl.Cl. The molecule has 0 unspecified atom stereocenters. The molecule has 2 rings (SSSR count). The first kappa shape index (κ1) is 23.9. The molecule has 0 aliphatic carbocycles. The summed E-state index contributed by atoms with van der Waals surface area (Å²) in [5.41, 5.74) is 5.86. The molecule has 0 radical (unpaired) electrons. The van der Waals surface area contributed by atoms with E-state index in [1.54, 1.807) is 18.3 Å². The molecule has 1 aromatic heterocycles. The standard InChI is InChI=1S/C17H27N3O3.2ClH/c1-13(2)23-15-5-3-9-19-16(15)17(21)20-10-6-14(7-11-20)22-12-4-8-18;;/h3,5,9,13-14H,4,6-8,10-12,18H2,1-2H3;2*1H. The maximum Gasteiger partial charge on any atom is 0.276 e. The molecular weight excluding hydrogens is 365 g/mol. The lowest BCUT2D eigenvalue weighted by Crippen LogP contribution is -2.41. The average Bonchev–Trinajstić information content (AvgIpc) is 2.55. The minimum absolute atomic E-state index is 0. The number of nitrogens with two attached hydrogens (primary N) is 1. The highest BCUT2D eigenvalue weighted by Crippen LogP contribution is 2.22. The quantitative estimate of drug-likeness (QED) is 0.720. The van der Waals surface area contributed by atoms with Crippen molar-refractivity contribution in [2.75, 3.05) is 26.2 Å². The number of carbonyl (C=O) groups is 1. The van der Waals surface area contributed by atoms with Crippen molar-refractivity contribution in [3.8, 4) is 5.75 Å². The van der Waals surface area contributed by atoms with Crippen LogP contribution in [0.1, 0.15) is 43.6 Å². The average molecular weight is 394 g/mol. The fraction of sp³-hybridized carbons (Fsp3) is 0.647. The molecule has 1 saturated heterocycles. The Bertz CT molecular complexity index is 510. The van der Waals surface area contributed by atoms with Crippen LogP contribution in [0.15, 0.2) is 18.3 Å². The number of aromatic nitrogens is 1. The molecule has 2 heterocycles. The molecule has 1 fully saturated rings. The third kappa shape index (κ3) is 7.36.